The molecule has 0 fully saturated rings. The van der Waals surface area contributed by atoms with E-state index in [1.54, 1.807) is 12.1 Å². The van der Waals surface area contributed by atoms with Crippen LogP contribution >= 0.6 is 0 Å². The van der Waals surface area contributed by atoms with Crippen molar-refractivity contribution in [1.29, 1.82) is 0 Å². The van der Waals surface area contributed by atoms with Crippen LogP contribution in [0.4, 0.5) is 0 Å². The minimum Gasteiger partial charge on any atom is -0.338 e. The summed E-state index contributed by atoms with van der Waals surface area (Å²) in [6.07, 6.45) is 0.638. The first-order valence-corrected chi connectivity index (χ1v) is 6.56. The van der Waals surface area contributed by atoms with Gasteiger partial charge in [-0.25, -0.2) is 9.55 Å². The standard InChI is InChI=1S/C15H15N3O2/c1-4-13-16-12-7-9(2)5-6-11(12)15(19)18(13)14-8-10(3)17-20-14/h5-8H,4H2,1-3H3. The van der Waals surface area contributed by atoms with Gasteiger partial charge in [0.15, 0.2) is 0 Å². The Hall–Kier alpha value is -2.43. The lowest BCUT2D eigenvalue weighted by Gasteiger charge is -2.09. The van der Waals surface area contributed by atoms with Crippen LogP contribution in [0, 0.1) is 13.8 Å². The molecule has 0 aliphatic heterocycles. The highest BCUT2D eigenvalue weighted by Gasteiger charge is 2.14. The average molecular weight is 269 g/mol. The van der Waals surface area contributed by atoms with E-state index in [0.29, 0.717) is 23.5 Å². The summed E-state index contributed by atoms with van der Waals surface area (Å²) in [5.74, 6) is 1.09. The van der Waals surface area contributed by atoms with Gasteiger partial charge in [0.1, 0.15) is 5.82 Å². The molecule has 0 spiro atoms. The third-order valence-corrected chi connectivity index (χ3v) is 3.25. The van der Waals surface area contributed by atoms with Gasteiger partial charge in [-0.1, -0.05) is 18.1 Å². The van der Waals surface area contributed by atoms with Crippen molar-refractivity contribution in [2.75, 3.05) is 0 Å². The van der Waals surface area contributed by atoms with E-state index in [4.69, 9.17) is 4.52 Å². The van der Waals surface area contributed by atoms with Crippen LogP contribution in [0.25, 0.3) is 16.8 Å². The molecule has 20 heavy (non-hydrogen) atoms. The lowest BCUT2D eigenvalue weighted by atomic mass is 10.1. The van der Waals surface area contributed by atoms with Crippen molar-refractivity contribution in [3.8, 4) is 5.88 Å². The zero-order valence-corrected chi connectivity index (χ0v) is 11.7. The molecule has 2 heterocycles. The first-order valence-electron chi connectivity index (χ1n) is 6.56. The number of nitrogens with zero attached hydrogens (tertiary/aromatic N) is 3. The second kappa shape index (κ2) is 4.59. The van der Waals surface area contributed by atoms with Gasteiger partial charge in [0.05, 0.1) is 16.6 Å². The largest absolute Gasteiger partial charge is 0.338 e. The summed E-state index contributed by atoms with van der Waals surface area (Å²) in [4.78, 5) is 17.2. The molecule has 0 radical (unpaired) electrons. The summed E-state index contributed by atoms with van der Waals surface area (Å²) in [5.41, 5.74) is 2.42. The Morgan fingerprint density at radius 1 is 1.25 bits per heavy atom. The van der Waals surface area contributed by atoms with Gasteiger partial charge in [0, 0.05) is 12.5 Å². The van der Waals surface area contributed by atoms with Crippen molar-refractivity contribution in [3.63, 3.8) is 0 Å². The van der Waals surface area contributed by atoms with Crippen LogP contribution in [0.2, 0.25) is 0 Å². The highest BCUT2D eigenvalue weighted by molar-refractivity contribution is 5.78. The van der Waals surface area contributed by atoms with E-state index in [0.717, 1.165) is 16.8 Å². The topological polar surface area (TPSA) is 60.9 Å². The summed E-state index contributed by atoms with van der Waals surface area (Å²) < 4.78 is 6.72. The second-order valence-corrected chi connectivity index (χ2v) is 4.85. The van der Waals surface area contributed by atoms with Gasteiger partial charge in [0.2, 0.25) is 5.88 Å². The first-order chi connectivity index (χ1) is 9.60. The maximum Gasteiger partial charge on any atom is 0.268 e. The lowest BCUT2D eigenvalue weighted by Crippen LogP contribution is -2.23. The maximum atomic E-state index is 12.7. The summed E-state index contributed by atoms with van der Waals surface area (Å²) in [6.45, 7) is 5.77. The van der Waals surface area contributed by atoms with Crippen molar-refractivity contribution < 1.29 is 4.52 Å². The van der Waals surface area contributed by atoms with E-state index >= 15 is 0 Å². The molecule has 5 nitrogen and oxygen atoms in total. The van der Waals surface area contributed by atoms with Crippen LogP contribution in [-0.4, -0.2) is 14.7 Å². The molecule has 0 amide bonds. The van der Waals surface area contributed by atoms with Crippen LogP contribution in [0.3, 0.4) is 0 Å². The summed E-state index contributed by atoms with van der Waals surface area (Å²) in [6, 6.07) is 7.38. The minimum absolute atomic E-state index is 0.122. The molecule has 0 unspecified atom stereocenters. The molecule has 1 aromatic carbocycles. The fourth-order valence-electron chi connectivity index (χ4n) is 2.26. The molecule has 0 aliphatic rings. The molecule has 2 aromatic heterocycles. The maximum absolute atomic E-state index is 12.7. The van der Waals surface area contributed by atoms with Gasteiger partial charge in [-0.15, -0.1) is 0 Å². The van der Waals surface area contributed by atoms with Crippen molar-refractivity contribution >= 4 is 10.9 Å². The fraction of sp³-hybridized carbons (Fsp3) is 0.267. The van der Waals surface area contributed by atoms with E-state index in [2.05, 4.69) is 10.1 Å². The van der Waals surface area contributed by atoms with E-state index in [1.807, 2.05) is 32.9 Å². The number of fused-ring (bicyclic) bond motifs is 1. The molecule has 0 saturated carbocycles. The smallest absolute Gasteiger partial charge is 0.268 e. The van der Waals surface area contributed by atoms with E-state index in [1.165, 1.54) is 4.57 Å². The summed E-state index contributed by atoms with van der Waals surface area (Å²) in [5, 5.41) is 4.43. The van der Waals surface area contributed by atoms with E-state index < -0.39 is 0 Å². The molecule has 3 rings (SSSR count). The van der Waals surface area contributed by atoms with Crippen LogP contribution in [0.5, 0.6) is 0 Å². The van der Waals surface area contributed by atoms with E-state index in [-0.39, 0.29) is 5.56 Å². The average Bonchev–Trinajstić information content (AvgIpc) is 2.84. The van der Waals surface area contributed by atoms with Gasteiger partial charge < -0.3 is 4.52 Å². The van der Waals surface area contributed by atoms with Crippen molar-refractivity contribution in [2.24, 2.45) is 0 Å². The second-order valence-electron chi connectivity index (χ2n) is 4.85. The number of rotatable bonds is 2. The Kier molecular flexibility index (Phi) is 2.89. The van der Waals surface area contributed by atoms with Gasteiger partial charge in [-0.2, -0.15) is 0 Å². The zero-order valence-electron chi connectivity index (χ0n) is 11.7. The van der Waals surface area contributed by atoms with Gasteiger partial charge in [-0.3, -0.25) is 4.79 Å². The summed E-state index contributed by atoms with van der Waals surface area (Å²) in [7, 11) is 0. The number of hydrogen-bond donors (Lipinski definition) is 0. The quantitative estimate of drug-likeness (QED) is 0.717. The molecule has 0 N–H and O–H groups in total. The number of aromatic nitrogens is 3. The zero-order chi connectivity index (χ0) is 14.3. The first kappa shape index (κ1) is 12.6. The monoisotopic (exact) mass is 269 g/mol. The Morgan fingerprint density at radius 2 is 2.05 bits per heavy atom. The molecule has 5 heteroatoms. The van der Waals surface area contributed by atoms with Crippen LogP contribution in [0.1, 0.15) is 24.0 Å². The molecule has 0 aliphatic carbocycles. The van der Waals surface area contributed by atoms with Gasteiger partial charge >= 0.3 is 0 Å². The number of benzene rings is 1. The van der Waals surface area contributed by atoms with Gasteiger partial charge in [-0.05, 0) is 31.5 Å². The fourth-order valence-corrected chi connectivity index (χ4v) is 2.26. The van der Waals surface area contributed by atoms with Crippen LogP contribution < -0.4 is 5.56 Å². The Morgan fingerprint density at radius 3 is 2.70 bits per heavy atom. The summed E-state index contributed by atoms with van der Waals surface area (Å²) >= 11 is 0. The number of hydrogen-bond acceptors (Lipinski definition) is 4. The molecule has 0 bridgehead atoms. The SMILES string of the molecule is CCc1nc2cc(C)ccc2c(=O)n1-c1cc(C)no1. The predicted molar refractivity (Wildman–Crippen MR) is 76.3 cm³/mol. The minimum atomic E-state index is -0.122. The molecular weight excluding hydrogens is 254 g/mol. The lowest BCUT2D eigenvalue weighted by molar-refractivity contribution is 0.396. The normalized spacial score (nSPS) is 11.2. The Balaban J connectivity index is 2.39. The highest BCUT2D eigenvalue weighted by Crippen LogP contribution is 2.15. The number of aryl methyl sites for hydroxylation is 3. The van der Waals surface area contributed by atoms with E-state index in [9.17, 15) is 4.79 Å². The third kappa shape index (κ3) is 1.91. The molecule has 0 atom stereocenters. The molecule has 102 valence electrons. The predicted octanol–water partition coefficient (Wildman–Crippen LogP) is 2.55. The molecular formula is C15H15N3O2. The molecule has 0 saturated heterocycles. The van der Waals surface area contributed by atoms with Crippen LogP contribution in [0.15, 0.2) is 33.6 Å². The Labute approximate surface area is 115 Å². The molecule has 3 aromatic rings. The van der Waals surface area contributed by atoms with Gasteiger partial charge in [0.25, 0.3) is 5.56 Å². The van der Waals surface area contributed by atoms with Crippen molar-refractivity contribution in [1.82, 2.24) is 14.7 Å². The highest BCUT2D eigenvalue weighted by atomic mass is 16.5. The third-order valence-electron chi connectivity index (χ3n) is 3.25. The Bertz CT molecular complexity index is 846. The van der Waals surface area contributed by atoms with Crippen LogP contribution in [-0.2, 0) is 6.42 Å². The van der Waals surface area contributed by atoms with Crippen molar-refractivity contribution in [3.05, 3.63) is 51.7 Å². The van der Waals surface area contributed by atoms with Crippen molar-refractivity contribution in [2.45, 2.75) is 27.2 Å².